The van der Waals surface area contributed by atoms with Gasteiger partial charge >= 0.3 is 6.09 Å². The molecule has 0 aliphatic heterocycles. The molecule has 0 saturated heterocycles. The van der Waals surface area contributed by atoms with Gasteiger partial charge in [0.05, 0.1) is 0 Å². The van der Waals surface area contributed by atoms with Crippen molar-refractivity contribution in [3.63, 3.8) is 0 Å². The van der Waals surface area contributed by atoms with E-state index in [2.05, 4.69) is 11.2 Å². The number of carbonyl (C=O) groups is 1. The fourth-order valence-corrected chi connectivity index (χ4v) is 1.95. The summed E-state index contributed by atoms with van der Waals surface area (Å²) in [6, 6.07) is 0.171. The summed E-state index contributed by atoms with van der Waals surface area (Å²) in [5.74, 6) is 3.06. The van der Waals surface area contributed by atoms with Gasteiger partial charge in [-0.15, -0.1) is 12.3 Å². The highest BCUT2D eigenvalue weighted by atomic mass is 16.6. The van der Waals surface area contributed by atoms with Crippen molar-refractivity contribution >= 4 is 6.09 Å². The third-order valence-corrected chi connectivity index (χ3v) is 2.63. The van der Waals surface area contributed by atoms with Gasteiger partial charge in [-0.3, -0.25) is 0 Å². The molecule has 0 radical (unpaired) electrons. The van der Waals surface area contributed by atoms with E-state index in [0.29, 0.717) is 5.92 Å². The third kappa shape index (κ3) is 4.57. The first-order valence-corrected chi connectivity index (χ1v) is 5.86. The van der Waals surface area contributed by atoms with Crippen LogP contribution in [-0.2, 0) is 4.74 Å². The minimum atomic E-state index is -0.440. The molecule has 0 aromatic heterocycles. The van der Waals surface area contributed by atoms with Crippen LogP contribution in [0.25, 0.3) is 0 Å². The Morgan fingerprint density at radius 1 is 1.44 bits per heavy atom. The molecule has 16 heavy (non-hydrogen) atoms. The molecular weight excluding hydrogens is 202 g/mol. The van der Waals surface area contributed by atoms with E-state index < -0.39 is 5.60 Å². The summed E-state index contributed by atoms with van der Waals surface area (Å²) in [4.78, 5) is 11.5. The normalized spacial score (nSPS) is 25.6. The zero-order chi connectivity index (χ0) is 12.2. The SMILES string of the molecule is C#C[C@@H]1CCC[C@@H](NC(=O)OC(C)(C)C)C1. The summed E-state index contributed by atoms with van der Waals surface area (Å²) in [5.41, 5.74) is -0.440. The number of amides is 1. The predicted molar refractivity (Wildman–Crippen MR) is 63.9 cm³/mol. The van der Waals surface area contributed by atoms with E-state index >= 15 is 0 Å². The number of terminal acetylenes is 1. The maximum atomic E-state index is 11.5. The van der Waals surface area contributed by atoms with Crippen molar-refractivity contribution in [2.45, 2.75) is 58.1 Å². The molecule has 0 heterocycles. The Morgan fingerprint density at radius 2 is 2.12 bits per heavy atom. The van der Waals surface area contributed by atoms with Crippen molar-refractivity contribution in [2.75, 3.05) is 0 Å². The molecule has 0 spiro atoms. The number of rotatable bonds is 1. The number of hydrogen-bond acceptors (Lipinski definition) is 2. The van der Waals surface area contributed by atoms with E-state index in [1.807, 2.05) is 20.8 Å². The second-order valence-corrected chi connectivity index (χ2v) is 5.37. The van der Waals surface area contributed by atoms with E-state index in [9.17, 15) is 4.79 Å². The van der Waals surface area contributed by atoms with Crippen LogP contribution in [0.5, 0.6) is 0 Å². The van der Waals surface area contributed by atoms with Gasteiger partial charge in [-0.25, -0.2) is 4.79 Å². The minimum absolute atomic E-state index is 0.171. The first-order chi connectivity index (χ1) is 7.40. The van der Waals surface area contributed by atoms with Gasteiger partial charge < -0.3 is 10.1 Å². The lowest BCUT2D eigenvalue weighted by molar-refractivity contribution is 0.0489. The van der Waals surface area contributed by atoms with Gasteiger partial charge in [0.15, 0.2) is 0 Å². The van der Waals surface area contributed by atoms with Crippen molar-refractivity contribution in [3.05, 3.63) is 0 Å². The van der Waals surface area contributed by atoms with Crippen LogP contribution in [0.4, 0.5) is 4.79 Å². The third-order valence-electron chi connectivity index (χ3n) is 2.63. The summed E-state index contributed by atoms with van der Waals surface area (Å²) in [6.07, 6.45) is 9.09. The van der Waals surface area contributed by atoms with Crippen molar-refractivity contribution in [2.24, 2.45) is 5.92 Å². The Hall–Kier alpha value is -1.17. The molecule has 1 amide bonds. The zero-order valence-corrected chi connectivity index (χ0v) is 10.4. The quantitative estimate of drug-likeness (QED) is 0.694. The molecule has 3 heteroatoms. The molecule has 1 rings (SSSR count). The Kier molecular flexibility index (Phi) is 4.23. The number of carbonyl (C=O) groups excluding carboxylic acids is 1. The molecule has 1 fully saturated rings. The first kappa shape index (κ1) is 12.9. The second-order valence-electron chi connectivity index (χ2n) is 5.37. The van der Waals surface area contributed by atoms with Crippen LogP contribution >= 0.6 is 0 Å². The fourth-order valence-electron chi connectivity index (χ4n) is 1.95. The van der Waals surface area contributed by atoms with E-state index in [-0.39, 0.29) is 12.1 Å². The van der Waals surface area contributed by atoms with Crippen LogP contribution in [0.3, 0.4) is 0 Å². The Balaban J connectivity index is 2.37. The monoisotopic (exact) mass is 223 g/mol. The van der Waals surface area contributed by atoms with Crippen LogP contribution in [0.2, 0.25) is 0 Å². The summed E-state index contributed by atoms with van der Waals surface area (Å²) in [7, 11) is 0. The van der Waals surface area contributed by atoms with Crippen LogP contribution in [-0.4, -0.2) is 17.7 Å². The topological polar surface area (TPSA) is 38.3 Å². The summed E-state index contributed by atoms with van der Waals surface area (Å²) in [6.45, 7) is 5.58. The van der Waals surface area contributed by atoms with Gasteiger partial charge in [0, 0.05) is 12.0 Å². The highest BCUT2D eigenvalue weighted by Gasteiger charge is 2.24. The van der Waals surface area contributed by atoms with Crippen LogP contribution in [0.1, 0.15) is 46.5 Å². The predicted octanol–water partition coefficient (Wildman–Crippen LogP) is 2.70. The van der Waals surface area contributed by atoms with Gasteiger partial charge in [0.2, 0.25) is 0 Å². The molecule has 1 saturated carbocycles. The van der Waals surface area contributed by atoms with Gasteiger partial charge in [-0.2, -0.15) is 0 Å². The van der Waals surface area contributed by atoms with Gasteiger partial charge in [0.1, 0.15) is 5.60 Å². The number of hydrogen-bond donors (Lipinski definition) is 1. The van der Waals surface area contributed by atoms with Gasteiger partial charge in [-0.05, 0) is 40.0 Å². The molecular formula is C13H21NO2. The minimum Gasteiger partial charge on any atom is -0.444 e. The number of ether oxygens (including phenoxy) is 1. The molecule has 1 aliphatic rings. The summed E-state index contributed by atoms with van der Waals surface area (Å²) >= 11 is 0. The van der Waals surface area contributed by atoms with Crippen molar-refractivity contribution in [1.82, 2.24) is 5.32 Å². The molecule has 0 aromatic rings. The second kappa shape index (κ2) is 5.25. The molecule has 0 aromatic carbocycles. The zero-order valence-electron chi connectivity index (χ0n) is 10.4. The largest absolute Gasteiger partial charge is 0.444 e. The van der Waals surface area contributed by atoms with Crippen molar-refractivity contribution in [3.8, 4) is 12.3 Å². The maximum absolute atomic E-state index is 11.5. The van der Waals surface area contributed by atoms with E-state index in [4.69, 9.17) is 11.2 Å². The first-order valence-electron chi connectivity index (χ1n) is 5.86. The summed E-state index contributed by atoms with van der Waals surface area (Å²) in [5, 5.41) is 2.88. The smallest absolute Gasteiger partial charge is 0.407 e. The standard InChI is InChI=1S/C13H21NO2/c1-5-10-7-6-8-11(9-10)14-12(15)16-13(2,3)4/h1,10-11H,6-9H2,2-4H3,(H,14,15)/t10-,11-/m1/s1. The molecule has 2 atom stereocenters. The van der Waals surface area contributed by atoms with Crippen LogP contribution in [0.15, 0.2) is 0 Å². The lowest BCUT2D eigenvalue weighted by Gasteiger charge is -2.28. The molecule has 1 aliphatic carbocycles. The molecule has 3 nitrogen and oxygen atoms in total. The fraction of sp³-hybridized carbons (Fsp3) is 0.769. The Bertz CT molecular complexity index is 285. The molecule has 0 unspecified atom stereocenters. The average Bonchev–Trinajstić information content (AvgIpc) is 2.15. The lowest BCUT2D eigenvalue weighted by Crippen LogP contribution is -2.41. The average molecular weight is 223 g/mol. The molecule has 90 valence electrons. The molecule has 0 bridgehead atoms. The molecule has 1 N–H and O–H groups in total. The highest BCUT2D eigenvalue weighted by Crippen LogP contribution is 2.23. The van der Waals surface area contributed by atoms with Crippen LogP contribution in [0, 0.1) is 18.3 Å². The summed E-state index contributed by atoms with van der Waals surface area (Å²) < 4.78 is 5.21. The van der Waals surface area contributed by atoms with E-state index in [1.165, 1.54) is 0 Å². The maximum Gasteiger partial charge on any atom is 0.407 e. The highest BCUT2D eigenvalue weighted by molar-refractivity contribution is 5.68. The van der Waals surface area contributed by atoms with E-state index in [0.717, 1.165) is 25.7 Å². The Labute approximate surface area is 97.9 Å². The number of nitrogens with one attached hydrogen (secondary N) is 1. The van der Waals surface area contributed by atoms with Gasteiger partial charge in [-0.1, -0.05) is 6.42 Å². The number of alkyl carbamates (subject to hydrolysis) is 1. The lowest BCUT2D eigenvalue weighted by atomic mass is 9.86. The van der Waals surface area contributed by atoms with Crippen molar-refractivity contribution < 1.29 is 9.53 Å². The van der Waals surface area contributed by atoms with Crippen LogP contribution < -0.4 is 5.32 Å². The van der Waals surface area contributed by atoms with E-state index in [1.54, 1.807) is 0 Å². The Morgan fingerprint density at radius 3 is 2.69 bits per heavy atom. The van der Waals surface area contributed by atoms with Crippen molar-refractivity contribution in [1.29, 1.82) is 0 Å². The van der Waals surface area contributed by atoms with Gasteiger partial charge in [0.25, 0.3) is 0 Å².